The Morgan fingerprint density at radius 3 is 2.77 bits per heavy atom. The Morgan fingerprint density at radius 1 is 1.20 bits per heavy atom. The Morgan fingerprint density at radius 2 is 2.00 bits per heavy atom. The second-order valence-corrected chi connectivity index (χ2v) is 7.53. The molecule has 0 atom stereocenters. The van der Waals surface area contributed by atoms with E-state index in [0.29, 0.717) is 5.57 Å². The van der Waals surface area contributed by atoms with Crippen molar-refractivity contribution in [2.24, 2.45) is 4.99 Å². The van der Waals surface area contributed by atoms with Crippen LogP contribution in [0.2, 0.25) is 0 Å². The fourth-order valence-electron chi connectivity index (χ4n) is 2.84. The monoisotopic (exact) mass is 413 g/mol. The summed E-state index contributed by atoms with van der Waals surface area (Å²) < 4.78 is 3.41. The molecule has 2 aromatic carbocycles. The van der Waals surface area contributed by atoms with E-state index in [9.17, 15) is 5.11 Å². The predicted octanol–water partition coefficient (Wildman–Crippen LogP) is 4.91. The van der Waals surface area contributed by atoms with Gasteiger partial charge in [0.2, 0.25) is 0 Å². The van der Waals surface area contributed by atoms with Crippen molar-refractivity contribution in [1.29, 1.82) is 0 Å². The smallest absolute Gasteiger partial charge is 0.0760 e. The van der Waals surface area contributed by atoms with Crippen LogP contribution >= 0.6 is 11.9 Å². The number of pyridine rings is 1. The van der Waals surface area contributed by atoms with Crippen molar-refractivity contribution in [3.8, 4) is 11.8 Å². The maximum atomic E-state index is 9.46. The molecule has 2 N–H and O–H groups in total. The molecule has 5 heteroatoms. The number of hydrogen-bond acceptors (Lipinski definition) is 5. The minimum Gasteiger partial charge on any atom is -0.391 e. The van der Waals surface area contributed by atoms with Gasteiger partial charge in [-0.15, -0.1) is 0 Å². The second-order valence-electron chi connectivity index (χ2n) is 6.57. The lowest BCUT2D eigenvalue weighted by atomic mass is 10.1. The molecule has 0 fully saturated rings. The minimum atomic E-state index is -0.114. The highest BCUT2D eigenvalue weighted by Crippen LogP contribution is 2.19. The van der Waals surface area contributed by atoms with E-state index in [2.05, 4.69) is 39.3 Å². The zero-order chi connectivity index (χ0) is 21.2. The van der Waals surface area contributed by atoms with Gasteiger partial charge in [-0.1, -0.05) is 30.0 Å². The Balaban J connectivity index is 1.60. The molecule has 3 rings (SSSR count). The molecule has 4 nitrogen and oxygen atoms in total. The molecule has 0 amide bonds. The van der Waals surface area contributed by atoms with Gasteiger partial charge in [-0.2, -0.15) is 0 Å². The van der Waals surface area contributed by atoms with E-state index in [1.54, 1.807) is 24.2 Å². The minimum absolute atomic E-state index is 0.114. The molecule has 0 aliphatic rings. The Bertz CT molecular complexity index is 1130. The average molecular weight is 414 g/mol. The molecule has 30 heavy (non-hydrogen) atoms. The largest absolute Gasteiger partial charge is 0.391 e. The van der Waals surface area contributed by atoms with Crippen molar-refractivity contribution >= 4 is 29.6 Å². The molecule has 0 aliphatic heterocycles. The quantitative estimate of drug-likeness (QED) is 0.250. The number of aliphatic imine (C=N–C) groups is 1. The van der Waals surface area contributed by atoms with Gasteiger partial charge in [0.1, 0.15) is 0 Å². The van der Waals surface area contributed by atoms with Gasteiger partial charge in [0.25, 0.3) is 0 Å². The number of allylic oxidation sites excluding steroid dienone is 2. The molecule has 150 valence electrons. The summed E-state index contributed by atoms with van der Waals surface area (Å²) in [5.41, 5.74) is 4.64. The summed E-state index contributed by atoms with van der Waals surface area (Å²) in [7, 11) is 0. The summed E-state index contributed by atoms with van der Waals surface area (Å²) in [6, 6.07) is 18.2. The van der Waals surface area contributed by atoms with Gasteiger partial charge in [0, 0.05) is 40.4 Å². The van der Waals surface area contributed by atoms with Gasteiger partial charge >= 0.3 is 0 Å². The zero-order valence-electron chi connectivity index (χ0n) is 16.8. The number of nitrogens with one attached hydrogen (secondary N) is 1. The maximum Gasteiger partial charge on any atom is 0.0760 e. The van der Waals surface area contributed by atoms with E-state index < -0.39 is 0 Å². The van der Waals surface area contributed by atoms with E-state index in [0.717, 1.165) is 28.1 Å². The number of aliphatic hydroxyl groups excluding tert-OH is 1. The van der Waals surface area contributed by atoms with Crippen molar-refractivity contribution in [2.75, 3.05) is 6.61 Å². The topological polar surface area (TPSA) is 57.5 Å². The molecule has 3 aromatic rings. The van der Waals surface area contributed by atoms with Crippen LogP contribution in [0, 0.1) is 11.8 Å². The van der Waals surface area contributed by atoms with Crippen molar-refractivity contribution in [3.63, 3.8) is 0 Å². The number of rotatable bonds is 7. The fraction of sp³-hybridized carbons (Fsp3) is 0.120. The molecular weight excluding hydrogens is 390 g/mol. The van der Waals surface area contributed by atoms with E-state index >= 15 is 0 Å². The van der Waals surface area contributed by atoms with Crippen LogP contribution in [0.3, 0.4) is 0 Å². The predicted molar refractivity (Wildman–Crippen MR) is 126 cm³/mol. The third kappa shape index (κ3) is 6.16. The number of para-hydroxylation sites is 1. The van der Waals surface area contributed by atoms with Crippen LogP contribution in [0.4, 0.5) is 0 Å². The normalized spacial score (nSPS) is 11.8. The average Bonchev–Trinajstić information content (AvgIpc) is 2.78. The molecule has 0 aliphatic carbocycles. The fourth-order valence-corrected chi connectivity index (χ4v) is 3.51. The van der Waals surface area contributed by atoms with Crippen LogP contribution in [0.5, 0.6) is 0 Å². The Hall–Kier alpha value is -3.17. The van der Waals surface area contributed by atoms with Crippen LogP contribution in [0.1, 0.15) is 18.1 Å². The van der Waals surface area contributed by atoms with Gasteiger partial charge in [0.05, 0.1) is 12.1 Å². The van der Waals surface area contributed by atoms with Gasteiger partial charge < -0.3 is 5.11 Å². The number of aromatic nitrogens is 1. The molecule has 0 radical (unpaired) electrons. The van der Waals surface area contributed by atoms with Crippen molar-refractivity contribution in [3.05, 3.63) is 95.3 Å². The molecular formula is C25H23N3OS. The maximum absolute atomic E-state index is 9.46. The van der Waals surface area contributed by atoms with E-state index in [-0.39, 0.29) is 6.61 Å². The zero-order valence-corrected chi connectivity index (χ0v) is 17.6. The first-order valence-corrected chi connectivity index (χ1v) is 10.3. The third-order valence-corrected chi connectivity index (χ3v) is 5.08. The van der Waals surface area contributed by atoms with Gasteiger partial charge in [-0.3, -0.25) is 14.7 Å². The van der Waals surface area contributed by atoms with Crippen LogP contribution < -0.4 is 4.72 Å². The highest BCUT2D eigenvalue weighted by molar-refractivity contribution is 7.97. The van der Waals surface area contributed by atoms with Gasteiger partial charge in [-0.25, -0.2) is 0 Å². The van der Waals surface area contributed by atoms with Crippen LogP contribution in [0.15, 0.2) is 94.1 Å². The number of nitrogens with zero attached hydrogens (tertiary/aromatic N) is 2. The summed E-state index contributed by atoms with van der Waals surface area (Å²) in [5, 5.41) is 10.6. The lowest BCUT2D eigenvalue weighted by molar-refractivity contribution is 0.336. The van der Waals surface area contributed by atoms with Crippen molar-refractivity contribution in [1.82, 2.24) is 9.71 Å². The molecule has 0 bridgehead atoms. The van der Waals surface area contributed by atoms with E-state index in [1.165, 1.54) is 10.9 Å². The number of fused-ring (bicyclic) bond motifs is 1. The highest BCUT2D eigenvalue weighted by atomic mass is 32.2. The highest BCUT2D eigenvalue weighted by Gasteiger charge is 2.01. The SMILES string of the molecule is C=N/C=C(C)\C=C(\C#Cc1ccc(SNCc2ccnc3ccccc23)cc1)CO. The second kappa shape index (κ2) is 11.1. The molecule has 0 unspecified atom stereocenters. The summed E-state index contributed by atoms with van der Waals surface area (Å²) in [6.07, 6.45) is 5.28. The van der Waals surface area contributed by atoms with Gasteiger partial charge in [0.15, 0.2) is 0 Å². The molecule has 0 saturated heterocycles. The van der Waals surface area contributed by atoms with Crippen molar-refractivity contribution < 1.29 is 5.11 Å². The summed E-state index contributed by atoms with van der Waals surface area (Å²) >= 11 is 1.58. The molecule has 0 spiro atoms. The van der Waals surface area contributed by atoms with E-state index in [1.807, 2.05) is 61.7 Å². The number of benzene rings is 2. The lowest BCUT2D eigenvalue weighted by Gasteiger charge is -2.07. The first-order valence-electron chi connectivity index (χ1n) is 9.48. The molecule has 0 saturated carbocycles. The van der Waals surface area contributed by atoms with Crippen LogP contribution in [-0.4, -0.2) is 23.4 Å². The first kappa shape index (κ1) is 21.5. The standard InChI is InChI=1S/C25H23N3OS/c1-19(16-26-2)15-21(18-29)8-7-20-9-11-23(12-10-20)30-28-17-22-13-14-27-25-6-4-3-5-24(22)25/h3-6,9-16,28-29H,2,17-18H2,1H3/b19-16-,21-15-. The number of hydrogen-bond donors (Lipinski definition) is 2. The Labute approximate surface area is 181 Å². The summed E-state index contributed by atoms with van der Waals surface area (Å²) in [6.45, 7) is 5.94. The lowest BCUT2D eigenvalue weighted by Crippen LogP contribution is -2.03. The third-order valence-electron chi connectivity index (χ3n) is 4.28. The molecule has 1 heterocycles. The summed E-state index contributed by atoms with van der Waals surface area (Å²) in [5.74, 6) is 6.09. The van der Waals surface area contributed by atoms with E-state index in [4.69, 9.17) is 0 Å². The number of aliphatic hydroxyl groups is 1. The van der Waals surface area contributed by atoms with Crippen LogP contribution in [0.25, 0.3) is 10.9 Å². The Kier molecular flexibility index (Phi) is 7.99. The molecule has 1 aromatic heterocycles. The van der Waals surface area contributed by atoms with Crippen LogP contribution in [-0.2, 0) is 6.54 Å². The van der Waals surface area contributed by atoms with Gasteiger partial charge in [-0.05, 0) is 79.2 Å². The first-order chi connectivity index (χ1) is 14.7. The summed E-state index contributed by atoms with van der Waals surface area (Å²) in [4.78, 5) is 9.22. The van der Waals surface area contributed by atoms with Crippen molar-refractivity contribution in [2.45, 2.75) is 18.4 Å².